The van der Waals surface area contributed by atoms with Crippen molar-refractivity contribution in [3.05, 3.63) is 38.6 Å². The molecule has 5 heteroatoms. The van der Waals surface area contributed by atoms with Crippen LogP contribution in [-0.2, 0) is 0 Å². The molecular formula is C14H18BrN3S. The highest BCUT2D eigenvalue weighted by atomic mass is 79.9. The van der Waals surface area contributed by atoms with Crippen LogP contribution in [0.3, 0.4) is 0 Å². The Balaban J connectivity index is 2.31. The van der Waals surface area contributed by atoms with E-state index in [1.807, 2.05) is 6.92 Å². The number of nitrogen functional groups attached to an aromatic ring is 1. The van der Waals surface area contributed by atoms with Gasteiger partial charge in [-0.05, 0) is 45.8 Å². The Hall–Kier alpha value is -1.07. The average Bonchev–Trinajstić information content (AvgIpc) is 2.88. The highest BCUT2D eigenvalue weighted by molar-refractivity contribution is 9.10. The summed E-state index contributed by atoms with van der Waals surface area (Å²) in [6.07, 6.45) is 1.70. The molecule has 0 amide bonds. The molecule has 0 fully saturated rings. The van der Waals surface area contributed by atoms with Gasteiger partial charge in [-0.25, -0.2) is 4.98 Å². The second kappa shape index (κ2) is 5.92. The Morgan fingerprint density at radius 3 is 2.74 bits per heavy atom. The van der Waals surface area contributed by atoms with E-state index in [4.69, 9.17) is 5.73 Å². The molecule has 2 rings (SSSR count). The number of thiophene rings is 1. The summed E-state index contributed by atoms with van der Waals surface area (Å²) >= 11 is 5.33. The van der Waals surface area contributed by atoms with Crippen molar-refractivity contribution in [3.63, 3.8) is 0 Å². The first kappa shape index (κ1) is 14.3. The maximum absolute atomic E-state index is 5.86. The second-order valence-electron chi connectivity index (χ2n) is 4.88. The maximum atomic E-state index is 5.86. The fourth-order valence-corrected chi connectivity index (χ4v) is 3.27. The van der Waals surface area contributed by atoms with E-state index >= 15 is 0 Å². The number of halogens is 1. The highest BCUT2D eigenvalue weighted by Crippen LogP contribution is 2.34. The van der Waals surface area contributed by atoms with Gasteiger partial charge in [-0.2, -0.15) is 0 Å². The molecule has 0 aromatic carbocycles. The monoisotopic (exact) mass is 339 g/mol. The van der Waals surface area contributed by atoms with Crippen molar-refractivity contribution in [1.29, 1.82) is 0 Å². The summed E-state index contributed by atoms with van der Waals surface area (Å²) in [5, 5.41) is 5.61. The molecule has 2 aromatic rings. The molecule has 0 saturated heterocycles. The number of nitrogens with zero attached hydrogens (tertiary/aromatic N) is 1. The molecule has 19 heavy (non-hydrogen) atoms. The fourth-order valence-electron chi connectivity index (χ4n) is 1.87. The van der Waals surface area contributed by atoms with Crippen molar-refractivity contribution in [3.8, 4) is 0 Å². The molecule has 0 spiro atoms. The van der Waals surface area contributed by atoms with Crippen LogP contribution in [0.15, 0.2) is 28.2 Å². The fraction of sp³-hybridized carbons (Fsp3) is 0.357. The molecule has 0 aliphatic rings. The first-order valence-corrected chi connectivity index (χ1v) is 7.88. The molecule has 2 heterocycles. The first-order chi connectivity index (χ1) is 9.00. The minimum Gasteiger partial charge on any atom is -0.397 e. The average molecular weight is 340 g/mol. The van der Waals surface area contributed by atoms with Crippen LogP contribution in [0, 0.1) is 12.8 Å². The zero-order valence-electron chi connectivity index (χ0n) is 11.3. The lowest BCUT2D eigenvalue weighted by Crippen LogP contribution is -2.17. The number of pyridine rings is 1. The lowest BCUT2D eigenvalue weighted by molar-refractivity contribution is 0.552. The van der Waals surface area contributed by atoms with Crippen molar-refractivity contribution >= 4 is 38.8 Å². The van der Waals surface area contributed by atoms with Gasteiger partial charge in [0, 0.05) is 4.88 Å². The summed E-state index contributed by atoms with van der Waals surface area (Å²) in [6.45, 7) is 6.40. The number of hydrogen-bond acceptors (Lipinski definition) is 4. The molecule has 3 nitrogen and oxygen atoms in total. The van der Waals surface area contributed by atoms with E-state index in [2.05, 4.69) is 57.6 Å². The van der Waals surface area contributed by atoms with Crippen molar-refractivity contribution < 1.29 is 0 Å². The van der Waals surface area contributed by atoms with E-state index in [0.29, 0.717) is 11.6 Å². The van der Waals surface area contributed by atoms with Crippen LogP contribution < -0.4 is 11.1 Å². The predicted molar refractivity (Wildman–Crippen MR) is 86.6 cm³/mol. The van der Waals surface area contributed by atoms with Gasteiger partial charge in [-0.1, -0.05) is 19.9 Å². The number of rotatable bonds is 4. The third-order valence-electron chi connectivity index (χ3n) is 3.11. The van der Waals surface area contributed by atoms with Crippen LogP contribution in [0.1, 0.15) is 30.3 Å². The van der Waals surface area contributed by atoms with E-state index in [1.54, 1.807) is 17.5 Å². The standard InChI is InChI=1S/C14H18BrN3S/c1-8(2)13(11-5-4-6-19-11)18-14-12(15)9(3)10(16)7-17-14/h4-8,13H,16H2,1-3H3,(H,17,18). The smallest absolute Gasteiger partial charge is 0.141 e. The molecule has 102 valence electrons. The van der Waals surface area contributed by atoms with E-state index in [0.717, 1.165) is 15.9 Å². The summed E-state index contributed by atoms with van der Waals surface area (Å²) in [5.74, 6) is 1.32. The molecule has 0 aliphatic heterocycles. The molecular weight excluding hydrogens is 322 g/mol. The van der Waals surface area contributed by atoms with E-state index in [1.165, 1.54) is 4.88 Å². The molecule has 0 bridgehead atoms. The SMILES string of the molecule is Cc1c(N)cnc(NC(c2cccs2)C(C)C)c1Br. The van der Waals surface area contributed by atoms with E-state index in [-0.39, 0.29) is 6.04 Å². The van der Waals surface area contributed by atoms with Gasteiger partial charge in [0.2, 0.25) is 0 Å². The lowest BCUT2D eigenvalue weighted by Gasteiger charge is -2.23. The van der Waals surface area contributed by atoms with Gasteiger partial charge in [0.1, 0.15) is 5.82 Å². The quantitative estimate of drug-likeness (QED) is 0.855. The first-order valence-electron chi connectivity index (χ1n) is 6.21. The van der Waals surface area contributed by atoms with Crippen molar-refractivity contribution in [2.75, 3.05) is 11.1 Å². The van der Waals surface area contributed by atoms with Crippen LogP contribution in [0.25, 0.3) is 0 Å². The molecule has 0 aliphatic carbocycles. The molecule has 2 aromatic heterocycles. The summed E-state index contributed by atoms with van der Waals surface area (Å²) in [6, 6.07) is 4.49. The zero-order valence-corrected chi connectivity index (χ0v) is 13.7. The van der Waals surface area contributed by atoms with Crippen molar-refractivity contribution in [1.82, 2.24) is 4.98 Å². The van der Waals surface area contributed by atoms with E-state index in [9.17, 15) is 0 Å². The predicted octanol–water partition coefficient (Wildman–Crippen LogP) is 4.61. The number of aromatic nitrogens is 1. The van der Waals surface area contributed by atoms with Crippen LogP contribution in [-0.4, -0.2) is 4.98 Å². The molecule has 1 atom stereocenters. The lowest BCUT2D eigenvalue weighted by atomic mass is 10.0. The summed E-state index contributed by atoms with van der Waals surface area (Å²) in [7, 11) is 0. The van der Waals surface area contributed by atoms with Crippen LogP contribution in [0.2, 0.25) is 0 Å². The maximum Gasteiger partial charge on any atom is 0.141 e. The van der Waals surface area contributed by atoms with Crippen LogP contribution in [0.4, 0.5) is 11.5 Å². The van der Waals surface area contributed by atoms with Gasteiger partial charge in [0.15, 0.2) is 0 Å². The van der Waals surface area contributed by atoms with Gasteiger partial charge in [0.25, 0.3) is 0 Å². The Labute approximate surface area is 126 Å². The molecule has 3 N–H and O–H groups in total. The molecule has 1 unspecified atom stereocenters. The third-order valence-corrected chi connectivity index (χ3v) is 5.04. The largest absolute Gasteiger partial charge is 0.397 e. The van der Waals surface area contributed by atoms with E-state index < -0.39 is 0 Å². The summed E-state index contributed by atoms with van der Waals surface area (Å²) in [5.41, 5.74) is 7.58. The number of nitrogens with two attached hydrogens (primary N) is 1. The topological polar surface area (TPSA) is 50.9 Å². The minimum atomic E-state index is 0.256. The molecule has 0 radical (unpaired) electrons. The number of anilines is 2. The van der Waals surface area contributed by atoms with Crippen LogP contribution in [0.5, 0.6) is 0 Å². The highest BCUT2D eigenvalue weighted by Gasteiger charge is 2.19. The summed E-state index contributed by atoms with van der Waals surface area (Å²) in [4.78, 5) is 5.71. The third kappa shape index (κ3) is 3.09. The Morgan fingerprint density at radius 2 is 2.16 bits per heavy atom. The van der Waals surface area contributed by atoms with Gasteiger partial charge in [0.05, 0.1) is 22.4 Å². The minimum absolute atomic E-state index is 0.256. The number of nitrogens with one attached hydrogen (secondary N) is 1. The second-order valence-corrected chi connectivity index (χ2v) is 6.65. The summed E-state index contributed by atoms with van der Waals surface area (Å²) < 4.78 is 0.940. The Morgan fingerprint density at radius 1 is 1.42 bits per heavy atom. The Kier molecular flexibility index (Phi) is 4.47. The van der Waals surface area contributed by atoms with Gasteiger partial charge >= 0.3 is 0 Å². The van der Waals surface area contributed by atoms with Crippen molar-refractivity contribution in [2.24, 2.45) is 5.92 Å². The van der Waals surface area contributed by atoms with Gasteiger partial charge in [-0.15, -0.1) is 11.3 Å². The Bertz CT molecular complexity index is 552. The number of hydrogen-bond donors (Lipinski definition) is 2. The van der Waals surface area contributed by atoms with Crippen molar-refractivity contribution in [2.45, 2.75) is 26.8 Å². The normalized spacial score (nSPS) is 12.7. The van der Waals surface area contributed by atoms with Gasteiger partial charge < -0.3 is 11.1 Å². The van der Waals surface area contributed by atoms with Crippen LogP contribution >= 0.6 is 27.3 Å². The zero-order chi connectivity index (χ0) is 14.0. The molecule has 0 saturated carbocycles. The van der Waals surface area contributed by atoms with Gasteiger partial charge in [-0.3, -0.25) is 0 Å².